The van der Waals surface area contributed by atoms with Crippen LogP contribution in [0, 0.1) is 5.92 Å². The Bertz CT molecular complexity index is 520. The van der Waals surface area contributed by atoms with Crippen molar-refractivity contribution in [3.63, 3.8) is 0 Å². The third kappa shape index (κ3) is 4.04. The Balaban J connectivity index is 2.01. The fourth-order valence-corrected chi connectivity index (χ4v) is 2.61. The predicted octanol–water partition coefficient (Wildman–Crippen LogP) is 1.84. The fraction of sp³-hybridized carbons (Fsp3) is 0.500. The molecule has 2 rings (SSSR count). The summed E-state index contributed by atoms with van der Waals surface area (Å²) in [4.78, 5) is 25.7. The first kappa shape index (κ1) is 15.5. The van der Waals surface area contributed by atoms with E-state index < -0.39 is 0 Å². The SMILES string of the molecule is CN(C)C(=O)c1cccc(NC(=O)C2CCC(N)CC2)c1. The van der Waals surface area contributed by atoms with E-state index in [-0.39, 0.29) is 23.8 Å². The van der Waals surface area contributed by atoms with Gasteiger partial charge < -0.3 is 16.0 Å². The van der Waals surface area contributed by atoms with Gasteiger partial charge in [0.15, 0.2) is 0 Å². The maximum atomic E-state index is 12.2. The van der Waals surface area contributed by atoms with Crippen molar-refractivity contribution >= 4 is 17.5 Å². The van der Waals surface area contributed by atoms with Gasteiger partial charge in [0.1, 0.15) is 0 Å². The van der Waals surface area contributed by atoms with Crippen LogP contribution in [-0.4, -0.2) is 36.9 Å². The van der Waals surface area contributed by atoms with Gasteiger partial charge in [0.25, 0.3) is 5.91 Å². The van der Waals surface area contributed by atoms with Crippen LogP contribution in [0.3, 0.4) is 0 Å². The van der Waals surface area contributed by atoms with Gasteiger partial charge in [0.2, 0.25) is 5.91 Å². The van der Waals surface area contributed by atoms with E-state index in [2.05, 4.69) is 5.32 Å². The summed E-state index contributed by atoms with van der Waals surface area (Å²) in [5.41, 5.74) is 7.10. The zero-order valence-electron chi connectivity index (χ0n) is 12.6. The van der Waals surface area contributed by atoms with Gasteiger partial charge in [0, 0.05) is 37.3 Å². The predicted molar refractivity (Wildman–Crippen MR) is 83.0 cm³/mol. The molecule has 1 fully saturated rings. The molecular weight excluding hydrogens is 266 g/mol. The largest absolute Gasteiger partial charge is 0.345 e. The van der Waals surface area contributed by atoms with Gasteiger partial charge in [-0.25, -0.2) is 0 Å². The molecule has 0 unspecified atom stereocenters. The molecule has 1 aliphatic rings. The van der Waals surface area contributed by atoms with Crippen molar-refractivity contribution in [2.45, 2.75) is 31.7 Å². The minimum Gasteiger partial charge on any atom is -0.345 e. The Hall–Kier alpha value is -1.88. The fourth-order valence-electron chi connectivity index (χ4n) is 2.61. The van der Waals surface area contributed by atoms with E-state index in [9.17, 15) is 9.59 Å². The summed E-state index contributed by atoms with van der Waals surface area (Å²) in [6.45, 7) is 0. The molecule has 1 aromatic carbocycles. The average Bonchev–Trinajstić information content (AvgIpc) is 2.47. The second kappa shape index (κ2) is 6.72. The number of rotatable bonds is 3. The van der Waals surface area contributed by atoms with Crippen LogP contribution in [0.1, 0.15) is 36.0 Å². The monoisotopic (exact) mass is 289 g/mol. The van der Waals surface area contributed by atoms with Crippen molar-refractivity contribution in [3.05, 3.63) is 29.8 Å². The molecule has 1 aliphatic carbocycles. The molecule has 0 heterocycles. The highest BCUT2D eigenvalue weighted by Gasteiger charge is 2.24. The Morgan fingerprint density at radius 3 is 2.48 bits per heavy atom. The maximum Gasteiger partial charge on any atom is 0.253 e. The minimum atomic E-state index is -0.0743. The summed E-state index contributed by atoms with van der Waals surface area (Å²) < 4.78 is 0. The normalized spacial score (nSPS) is 21.7. The molecule has 0 radical (unpaired) electrons. The summed E-state index contributed by atoms with van der Waals surface area (Å²) in [5, 5.41) is 2.91. The van der Waals surface area contributed by atoms with E-state index in [1.807, 2.05) is 0 Å². The highest BCUT2D eigenvalue weighted by molar-refractivity contribution is 5.97. The van der Waals surface area contributed by atoms with Crippen LogP contribution in [0.15, 0.2) is 24.3 Å². The Labute approximate surface area is 125 Å². The Morgan fingerprint density at radius 2 is 1.86 bits per heavy atom. The molecule has 5 heteroatoms. The zero-order valence-corrected chi connectivity index (χ0v) is 12.6. The number of hydrogen-bond acceptors (Lipinski definition) is 3. The van der Waals surface area contributed by atoms with Gasteiger partial charge >= 0.3 is 0 Å². The van der Waals surface area contributed by atoms with Crippen LogP contribution in [0.2, 0.25) is 0 Å². The summed E-state index contributed by atoms with van der Waals surface area (Å²) >= 11 is 0. The molecule has 3 N–H and O–H groups in total. The van der Waals surface area contributed by atoms with Crippen molar-refractivity contribution in [2.24, 2.45) is 11.7 Å². The number of benzene rings is 1. The number of amides is 2. The minimum absolute atomic E-state index is 0.0244. The smallest absolute Gasteiger partial charge is 0.253 e. The van der Waals surface area contributed by atoms with Crippen molar-refractivity contribution in [3.8, 4) is 0 Å². The Kier molecular flexibility index (Phi) is 4.96. The first-order chi connectivity index (χ1) is 9.97. The number of nitrogens with one attached hydrogen (secondary N) is 1. The van der Waals surface area contributed by atoms with Crippen LogP contribution >= 0.6 is 0 Å². The number of anilines is 1. The molecule has 21 heavy (non-hydrogen) atoms. The second-order valence-corrected chi connectivity index (χ2v) is 5.88. The third-order valence-electron chi connectivity index (χ3n) is 3.93. The summed E-state index contributed by atoms with van der Waals surface area (Å²) in [7, 11) is 3.41. The lowest BCUT2D eigenvalue weighted by molar-refractivity contribution is -0.120. The van der Waals surface area contributed by atoms with Crippen molar-refractivity contribution < 1.29 is 9.59 Å². The molecule has 0 aliphatic heterocycles. The van der Waals surface area contributed by atoms with Crippen LogP contribution in [0.25, 0.3) is 0 Å². The van der Waals surface area contributed by atoms with Crippen LogP contribution in [0.5, 0.6) is 0 Å². The zero-order chi connectivity index (χ0) is 15.4. The molecule has 0 bridgehead atoms. The standard InChI is InChI=1S/C16H23N3O2/c1-19(2)16(21)12-4-3-5-14(10-12)18-15(20)11-6-8-13(17)9-7-11/h3-5,10-11,13H,6-9,17H2,1-2H3,(H,18,20). The summed E-state index contributed by atoms with van der Waals surface area (Å²) in [6, 6.07) is 7.28. The topological polar surface area (TPSA) is 75.4 Å². The highest BCUT2D eigenvalue weighted by atomic mass is 16.2. The number of hydrogen-bond donors (Lipinski definition) is 2. The lowest BCUT2D eigenvalue weighted by Crippen LogP contribution is -2.32. The van der Waals surface area contributed by atoms with Gasteiger partial charge in [0.05, 0.1) is 0 Å². The third-order valence-corrected chi connectivity index (χ3v) is 3.93. The lowest BCUT2D eigenvalue weighted by Gasteiger charge is -2.25. The quantitative estimate of drug-likeness (QED) is 0.891. The first-order valence-electron chi connectivity index (χ1n) is 7.35. The van der Waals surface area contributed by atoms with Gasteiger partial charge in [-0.15, -0.1) is 0 Å². The molecule has 1 aromatic rings. The average molecular weight is 289 g/mol. The molecule has 1 saturated carbocycles. The van der Waals surface area contributed by atoms with Crippen molar-refractivity contribution in [1.82, 2.24) is 4.90 Å². The molecular formula is C16H23N3O2. The van der Waals surface area contributed by atoms with E-state index >= 15 is 0 Å². The van der Waals surface area contributed by atoms with Crippen LogP contribution in [0.4, 0.5) is 5.69 Å². The maximum absolute atomic E-state index is 12.2. The summed E-state index contributed by atoms with van der Waals surface area (Å²) in [6.07, 6.45) is 3.47. The number of carbonyl (C=O) groups is 2. The molecule has 0 saturated heterocycles. The van der Waals surface area contributed by atoms with Gasteiger partial charge in [-0.05, 0) is 43.9 Å². The van der Waals surface area contributed by atoms with E-state index in [0.29, 0.717) is 11.3 Å². The first-order valence-corrected chi connectivity index (χ1v) is 7.35. The van der Waals surface area contributed by atoms with E-state index in [1.54, 1.807) is 38.4 Å². The number of carbonyl (C=O) groups excluding carboxylic acids is 2. The molecule has 114 valence electrons. The number of nitrogens with zero attached hydrogens (tertiary/aromatic N) is 1. The molecule has 5 nitrogen and oxygen atoms in total. The molecule has 0 atom stereocenters. The van der Waals surface area contributed by atoms with Crippen LogP contribution in [-0.2, 0) is 4.79 Å². The lowest BCUT2D eigenvalue weighted by atomic mass is 9.86. The van der Waals surface area contributed by atoms with E-state index in [1.165, 1.54) is 4.90 Å². The van der Waals surface area contributed by atoms with E-state index in [0.717, 1.165) is 25.7 Å². The Morgan fingerprint density at radius 1 is 1.19 bits per heavy atom. The molecule has 0 spiro atoms. The number of nitrogens with two attached hydrogens (primary N) is 1. The molecule has 2 amide bonds. The highest BCUT2D eigenvalue weighted by Crippen LogP contribution is 2.24. The van der Waals surface area contributed by atoms with Gasteiger partial charge in [-0.3, -0.25) is 9.59 Å². The molecule has 0 aromatic heterocycles. The second-order valence-electron chi connectivity index (χ2n) is 5.88. The van der Waals surface area contributed by atoms with Crippen LogP contribution < -0.4 is 11.1 Å². The van der Waals surface area contributed by atoms with E-state index in [4.69, 9.17) is 5.73 Å². The van der Waals surface area contributed by atoms with Crippen molar-refractivity contribution in [1.29, 1.82) is 0 Å². The van der Waals surface area contributed by atoms with Gasteiger partial charge in [-0.1, -0.05) is 6.07 Å². The summed E-state index contributed by atoms with van der Waals surface area (Å²) in [5.74, 6) is -0.0240. The van der Waals surface area contributed by atoms with Gasteiger partial charge in [-0.2, -0.15) is 0 Å². The van der Waals surface area contributed by atoms with Crippen molar-refractivity contribution in [2.75, 3.05) is 19.4 Å².